The molecule has 2 heterocycles. The molecule has 1 aromatic heterocycles. The highest BCUT2D eigenvalue weighted by molar-refractivity contribution is 6.52. The number of anilines is 1. The van der Waals surface area contributed by atoms with Gasteiger partial charge in [0.05, 0.1) is 11.3 Å². The fourth-order valence-electron chi connectivity index (χ4n) is 2.60. The minimum absolute atomic E-state index is 0.411. The summed E-state index contributed by atoms with van der Waals surface area (Å²) < 4.78 is 1.97. The maximum Gasteiger partial charge on any atom is 0.299 e. The van der Waals surface area contributed by atoms with Crippen LogP contribution in [0.4, 0.5) is 5.69 Å². The van der Waals surface area contributed by atoms with Crippen molar-refractivity contribution in [3.63, 3.8) is 0 Å². The number of aryl methyl sites for hydroxylation is 2. The van der Waals surface area contributed by atoms with Crippen molar-refractivity contribution in [3.8, 4) is 0 Å². The number of amides is 1. The molecule has 1 aliphatic heterocycles. The monoisotopic (exact) mass is 269 g/mol. The van der Waals surface area contributed by atoms with Crippen molar-refractivity contribution >= 4 is 17.4 Å². The number of hydrogen-bond donors (Lipinski definition) is 0. The van der Waals surface area contributed by atoms with E-state index in [1.165, 1.54) is 0 Å². The summed E-state index contributed by atoms with van der Waals surface area (Å²) in [6, 6.07) is 5.44. The van der Waals surface area contributed by atoms with Crippen LogP contribution >= 0.6 is 0 Å². The summed E-state index contributed by atoms with van der Waals surface area (Å²) in [7, 11) is 0. The van der Waals surface area contributed by atoms with Gasteiger partial charge in [-0.3, -0.25) is 9.59 Å². The van der Waals surface area contributed by atoms with Gasteiger partial charge in [-0.25, -0.2) is 4.98 Å². The largest absolute Gasteiger partial charge is 0.333 e. The second-order valence-electron chi connectivity index (χ2n) is 4.92. The van der Waals surface area contributed by atoms with E-state index >= 15 is 0 Å². The zero-order chi connectivity index (χ0) is 14.3. The number of para-hydroxylation sites is 1. The Bertz CT molecular complexity index is 703. The normalized spacial score (nSPS) is 14.0. The van der Waals surface area contributed by atoms with Crippen LogP contribution in [0.25, 0.3) is 0 Å². The molecule has 3 rings (SSSR count). The molecule has 20 heavy (non-hydrogen) atoms. The van der Waals surface area contributed by atoms with Crippen molar-refractivity contribution in [1.82, 2.24) is 9.55 Å². The Hall–Kier alpha value is -2.43. The summed E-state index contributed by atoms with van der Waals surface area (Å²) in [5.74, 6) is 0.0473. The van der Waals surface area contributed by atoms with Gasteiger partial charge in [0.25, 0.3) is 11.7 Å². The molecule has 5 nitrogen and oxygen atoms in total. The van der Waals surface area contributed by atoms with Crippen LogP contribution in [0.2, 0.25) is 0 Å². The van der Waals surface area contributed by atoms with E-state index in [1.807, 2.05) is 36.7 Å². The molecule has 1 amide bonds. The van der Waals surface area contributed by atoms with Crippen molar-refractivity contribution in [2.24, 2.45) is 0 Å². The average molecular weight is 269 g/mol. The SMILES string of the molecule is Cc1cccc2c1N(CCn1ccnc1C)C(=O)C2=O. The lowest BCUT2D eigenvalue weighted by atomic mass is 10.1. The molecule has 0 unspecified atom stereocenters. The van der Waals surface area contributed by atoms with Crippen molar-refractivity contribution in [2.75, 3.05) is 11.4 Å². The standard InChI is InChI=1S/C15H15N3O2/c1-10-4-3-5-12-13(10)18(15(20)14(12)19)9-8-17-7-6-16-11(17)2/h3-7H,8-9H2,1-2H3. The highest BCUT2D eigenvalue weighted by Gasteiger charge is 2.36. The number of carbonyl (C=O) groups is 2. The van der Waals surface area contributed by atoms with Gasteiger partial charge in [-0.1, -0.05) is 12.1 Å². The molecule has 102 valence electrons. The van der Waals surface area contributed by atoms with E-state index in [0.717, 1.165) is 17.1 Å². The second kappa shape index (κ2) is 4.59. The number of aromatic nitrogens is 2. The summed E-state index contributed by atoms with van der Waals surface area (Å²) >= 11 is 0. The Morgan fingerprint density at radius 2 is 1.95 bits per heavy atom. The summed E-state index contributed by atoms with van der Waals surface area (Å²) in [6.07, 6.45) is 3.60. The first-order chi connectivity index (χ1) is 9.59. The van der Waals surface area contributed by atoms with Crippen molar-refractivity contribution < 1.29 is 9.59 Å². The molecule has 0 bridgehead atoms. The van der Waals surface area contributed by atoms with Crippen LogP contribution in [0.15, 0.2) is 30.6 Å². The number of fused-ring (bicyclic) bond motifs is 1. The Balaban J connectivity index is 1.90. The molecular weight excluding hydrogens is 254 g/mol. The molecule has 1 aromatic carbocycles. The van der Waals surface area contributed by atoms with Gasteiger partial charge in [-0.15, -0.1) is 0 Å². The van der Waals surface area contributed by atoms with Crippen molar-refractivity contribution in [3.05, 3.63) is 47.5 Å². The third-order valence-corrected chi connectivity index (χ3v) is 3.68. The Kier molecular flexibility index (Phi) is 2.89. The number of benzene rings is 1. The Morgan fingerprint density at radius 1 is 1.15 bits per heavy atom. The molecule has 0 fully saturated rings. The number of Topliss-reactive ketones (excluding diaryl/α,β-unsaturated/α-hetero) is 1. The van der Waals surface area contributed by atoms with E-state index in [2.05, 4.69) is 4.98 Å². The van der Waals surface area contributed by atoms with Gasteiger partial charge in [0.2, 0.25) is 0 Å². The topological polar surface area (TPSA) is 55.2 Å². The predicted octanol–water partition coefficient (Wildman–Crippen LogP) is 1.73. The Labute approximate surface area is 116 Å². The quantitative estimate of drug-likeness (QED) is 0.797. The molecule has 0 saturated carbocycles. The van der Waals surface area contributed by atoms with Gasteiger partial charge in [0.1, 0.15) is 5.82 Å². The van der Waals surface area contributed by atoms with E-state index in [9.17, 15) is 9.59 Å². The maximum absolute atomic E-state index is 12.1. The van der Waals surface area contributed by atoms with Crippen LogP contribution in [0, 0.1) is 13.8 Å². The number of carbonyl (C=O) groups excluding carboxylic acids is 2. The van der Waals surface area contributed by atoms with E-state index in [1.54, 1.807) is 17.2 Å². The molecule has 0 N–H and O–H groups in total. The van der Waals surface area contributed by atoms with Crippen LogP contribution in [-0.4, -0.2) is 27.8 Å². The highest BCUT2D eigenvalue weighted by Crippen LogP contribution is 2.31. The molecule has 0 radical (unpaired) electrons. The highest BCUT2D eigenvalue weighted by atomic mass is 16.2. The van der Waals surface area contributed by atoms with Crippen LogP contribution in [0.3, 0.4) is 0 Å². The minimum Gasteiger partial charge on any atom is -0.333 e. The van der Waals surface area contributed by atoms with Gasteiger partial charge >= 0.3 is 0 Å². The van der Waals surface area contributed by atoms with Crippen LogP contribution in [-0.2, 0) is 11.3 Å². The number of imidazole rings is 1. The molecule has 0 spiro atoms. The fourth-order valence-corrected chi connectivity index (χ4v) is 2.60. The van der Waals surface area contributed by atoms with Crippen molar-refractivity contribution in [2.45, 2.75) is 20.4 Å². The molecule has 0 saturated heterocycles. The number of nitrogens with zero attached hydrogens (tertiary/aromatic N) is 3. The fraction of sp³-hybridized carbons (Fsp3) is 0.267. The van der Waals surface area contributed by atoms with Gasteiger partial charge < -0.3 is 9.47 Å². The second-order valence-corrected chi connectivity index (χ2v) is 4.92. The van der Waals surface area contributed by atoms with Crippen molar-refractivity contribution in [1.29, 1.82) is 0 Å². The summed E-state index contributed by atoms with van der Waals surface area (Å²) in [5, 5.41) is 0. The average Bonchev–Trinajstić information content (AvgIpc) is 2.94. The zero-order valence-electron chi connectivity index (χ0n) is 11.5. The van der Waals surface area contributed by atoms with Crippen LogP contribution < -0.4 is 4.90 Å². The predicted molar refractivity (Wildman–Crippen MR) is 74.8 cm³/mol. The molecule has 1 aliphatic rings. The first-order valence-electron chi connectivity index (χ1n) is 6.53. The molecule has 5 heteroatoms. The molecule has 2 aromatic rings. The van der Waals surface area contributed by atoms with Gasteiger partial charge in [0.15, 0.2) is 0 Å². The number of rotatable bonds is 3. The lowest BCUT2D eigenvalue weighted by Crippen LogP contribution is -2.33. The Morgan fingerprint density at radius 3 is 2.65 bits per heavy atom. The maximum atomic E-state index is 12.1. The van der Waals surface area contributed by atoms with Crippen LogP contribution in [0.1, 0.15) is 21.7 Å². The van der Waals surface area contributed by atoms with E-state index in [0.29, 0.717) is 18.7 Å². The number of hydrogen-bond acceptors (Lipinski definition) is 3. The first kappa shape index (κ1) is 12.6. The summed E-state index contributed by atoms with van der Waals surface area (Å²) in [6.45, 7) is 4.93. The lowest BCUT2D eigenvalue weighted by Gasteiger charge is -2.19. The molecule has 0 atom stereocenters. The van der Waals surface area contributed by atoms with E-state index in [-0.39, 0.29) is 0 Å². The lowest BCUT2D eigenvalue weighted by molar-refractivity contribution is -0.114. The van der Waals surface area contributed by atoms with Gasteiger partial charge in [0, 0.05) is 25.5 Å². The molecule has 0 aliphatic carbocycles. The van der Waals surface area contributed by atoms with Crippen LogP contribution in [0.5, 0.6) is 0 Å². The van der Waals surface area contributed by atoms with Gasteiger partial charge in [-0.05, 0) is 25.5 Å². The minimum atomic E-state index is -0.438. The third kappa shape index (κ3) is 1.82. The summed E-state index contributed by atoms with van der Waals surface area (Å²) in [4.78, 5) is 29.8. The zero-order valence-corrected chi connectivity index (χ0v) is 11.5. The number of ketones is 1. The molecular formula is C15H15N3O2. The third-order valence-electron chi connectivity index (χ3n) is 3.68. The summed E-state index contributed by atoms with van der Waals surface area (Å²) in [5.41, 5.74) is 2.21. The van der Waals surface area contributed by atoms with E-state index < -0.39 is 11.7 Å². The van der Waals surface area contributed by atoms with E-state index in [4.69, 9.17) is 0 Å². The van der Waals surface area contributed by atoms with Gasteiger partial charge in [-0.2, -0.15) is 0 Å². The first-order valence-corrected chi connectivity index (χ1v) is 6.53. The smallest absolute Gasteiger partial charge is 0.299 e.